The van der Waals surface area contributed by atoms with E-state index >= 15 is 0 Å². The van der Waals surface area contributed by atoms with Crippen LogP contribution in [0.15, 0.2) is 39.8 Å². The predicted octanol–water partition coefficient (Wildman–Crippen LogP) is 2.89. The Bertz CT molecular complexity index is 783. The van der Waals surface area contributed by atoms with Gasteiger partial charge in [-0.2, -0.15) is 0 Å². The molecule has 0 fully saturated rings. The molecule has 0 bridgehead atoms. The predicted molar refractivity (Wildman–Crippen MR) is 86.7 cm³/mol. The van der Waals surface area contributed by atoms with Crippen molar-refractivity contribution in [1.82, 2.24) is 4.98 Å². The van der Waals surface area contributed by atoms with Crippen molar-refractivity contribution in [2.45, 2.75) is 11.8 Å². The smallest absolute Gasteiger partial charge is 0.265 e. The molecular weight excluding hydrogens is 380 g/mol. The topological polar surface area (TPSA) is 97.1 Å². The van der Waals surface area contributed by atoms with E-state index in [1.807, 2.05) is 6.92 Å². The molecule has 0 radical (unpaired) electrons. The number of aromatic nitrogens is 1. The number of nitrogens with zero attached hydrogens (tertiary/aromatic N) is 1. The Morgan fingerprint density at radius 2 is 2.05 bits per heavy atom. The molecular formula is C12H12BrClN4O2S. The van der Waals surface area contributed by atoms with Crippen LogP contribution in [0.3, 0.4) is 0 Å². The molecule has 0 unspecified atom stereocenters. The summed E-state index contributed by atoms with van der Waals surface area (Å²) in [5.41, 5.74) is 3.47. The fourth-order valence-corrected chi connectivity index (χ4v) is 3.46. The summed E-state index contributed by atoms with van der Waals surface area (Å²) in [6.45, 7) is 1.83. The maximum absolute atomic E-state index is 12.4. The average molecular weight is 392 g/mol. The lowest BCUT2D eigenvalue weighted by atomic mass is 10.2. The van der Waals surface area contributed by atoms with E-state index in [1.165, 1.54) is 18.3 Å². The van der Waals surface area contributed by atoms with Crippen molar-refractivity contribution in [3.05, 3.63) is 45.5 Å². The molecule has 0 amide bonds. The number of hydrazine groups is 1. The van der Waals surface area contributed by atoms with E-state index in [4.69, 9.17) is 17.4 Å². The Morgan fingerprint density at radius 1 is 1.33 bits per heavy atom. The van der Waals surface area contributed by atoms with Crippen LogP contribution in [0, 0.1) is 6.92 Å². The summed E-state index contributed by atoms with van der Waals surface area (Å²) >= 11 is 9.17. The van der Waals surface area contributed by atoms with Gasteiger partial charge in [-0.3, -0.25) is 4.72 Å². The van der Waals surface area contributed by atoms with E-state index in [0.29, 0.717) is 15.2 Å². The zero-order chi connectivity index (χ0) is 15.6. The summed E-state index contributed by atoms with van der Waals surface area (Å²) in [5, 5.41) is 0.472. The van der Waals surface area contributed by atoms with Crippen LogP contribution in [0.2, 0.25) is 5.02 Å². The number of anilines is 2. The van der Waals surface area contributed by atoms with Crippen molar-refractivity contribution in [2.24, 2.45) is 5.84 Å². The van der Waals surface area contributed by atoms with E-state index in [9.17, 15) is 8.42 Å². The van der Waals surface area contributed by atoms with Gasteiger partial charge in [0.25, 0.3) is 10.0 Å². The van der Waals surface area contributed by atoms with Gasteiger partial charge in [-0.15, -0.1) is 0 Å². The van der Waals surface area contributed by atoms with Crippen LogP contribution in [0.4, 0.5) is 11.5 Å². The van der Waals surface area contributed by atoms with Gasteiger partial charge in [-0.1, -0.05) is 17.7 Å². The number of halogens is 2. The summed E-state index contributed by atoms with van der Waals surface area (Å²) in [6, 6.07) is 6.29. The summed E-state index contributed by atoms with van der Waals surface area (Å²) in [4.78, 5) is 3.83. The summed E-state index contributed by atoms with van der Waals surface area (Å²) in [7, 11) is -3.85. The van der Waals surface area contributed by atoms with E-state index in [1.54, 1.807) is 12.1 Å². The largest absolute Gasteiger partial charge is 0.307 e. The zero-order valence-corrected chi connectivity index (χ0v) is 14.1. The van der Waals surface area contributed by atoms with Gasteiger partial charge in [-0.05, 0) is 46.6 Å². The monoisotopic (exact) mass is 390 g/mol. The lowest BCUT2D eigenvalue weighted by Gasteiger charge is -2.12. The van der Waals surface area contributed by atoms with E-state index in [2.05, 4.69) is 31.1 Å². The van der Waals surface area contributed by atoms with Gasteiger partial charge in [0.2, 0.25) is 0 Å². The van der Waals surface area contributed by atoms with Crippen LogP contribution in [0.25, 0.3) is 0 Å². The minimum Gasteiger partial charge on any atom is -0.307 e. The average Bonchev–Trinajstić information content (AvgIpc) is 2.42. The lowest BCUT2D eigenvalue weighted by molar-refractivity contribution is 0.601. The summed E-state index contributed by atoms with van der Waals surface area (Å²) in [6.07, 6.45) is 1.44. The van der Waals surface area contributed by atoms with Crippen LogP contribution in [-0.4, -0.2) is 13.4 Å². The Morgan fingerprint density at radius 3 is 2.67 bits per heavy atom. The molecule has 6 nitrogen and oxygen atoms in total. The molecule has 0 aliphatic heterocycles. The molecule has 112 valence electrons. The van der Waals surface area contributed by atoms with Gasteiger partial charge in [-0.25, -0.2) is 19.2 Å². The zero-order valence-electron chi connectivity index (χ0n) is 10.9. The van der Waals surface area contributed by atoms with E-state index < -0.39 is 10.0 Å². The molecule has 9 heteroatoms. The number of nitrogens with one attached hydrogen (secondary N) is 2. The number of hydrogen-bond acceptors (Lipinski definition) is 5. The Kier molecular flexibility index (Phi) is 4.72. The van der Waals surface area contributed by atoms with Crippen LogP contribution in [0.5, 0.6) is 0 Å². The van der Waals surface area contributed by atoms with Crippen molar-refractivity contribution in [3.8, 4) is 0 Å². The number of aryl methyl sites for hydroxylation is 1. The summed E-state index contributed by atoms with van der Waals surface area (Å²) < 4.78 is 27.8. The summed E-state index contributed by atoms with van der Waals surface area (Å²) in [5.74, 6) is 5.34. The van der Waals surface area contributed by atoms with Crippen molar-refractivity contribution in [1.29, 1.82) is 0 Å². The maximum atomic E-state index is 12.4. The molecule has 0 saturated carbocycles. The molecule has 4 N–H and O–H groups in total. The highest BCUT2D eigenvalue weighted by Crippen LogP contribution is 2.26. The van der Waals surface area contributed by atoms with Crippen molar-refractivity contribution in [2.75, 3.05) is 10.1 Å². The third kappa shape index (κ3) is 3.65. The van der Waals surface area contributed by atoms with Crippen LogP contribution in [-0.2, 0) is 10.0 Å². The van der Waals surface area contributed by atoms with Crippen LogP contribution in [0.1, 0.15) is 5.56 Å². The van der Waals surface area contributed by atoms with Gasteiger partial charge in [0.15, 0.2) is 5.82 Å². The number of rotatable bonds is 4. The number of sulfonamides is 1. The minimum atomic E-state index is -3.85. The second-order valence-corrected chi connectivity index (χ2v) is 7.19. The van der Waals surface area contributed by atoms with Crippen LogP contribution < -0.4 is 16.0 Å². The standard InChI is InChI=1S/C12H12BrClN4O2S/c1-7-2-3-9(5-10(7)14)18-21(19,20)11-4-8(13)6-16-12(11)17-15/h2-6,18H,15H2,1H3,(H,16,17). The first-order chi connectivity index (χ1) is 9.83. The highest BCUT2D eigenvalue weighted by molar-refractivity contribution is 9.10. The SMILES string of the molecule is Cc1ccc(NS(=O)(=O)c2cc(Br)cnc2NN)cc1Cl. The van der Waals surface area contributed by atoms with Crippen LogP contribution >= 0.6 is 27.5 Å². The maximum Gasteiger partial charge on any atom is 0.265 e. The molecule has 1 aromatic carbocycles. The highest BCUT2D eigenvalue weighted by Gasteiger charge is 2.20. The fourth-order valence-electron chi connectivity index (χ4n) is 1.60. The second kappa shape index (κ2) is 6.18. The number of hydrogen-bond donors (Lipinski definition) is 3. The fraction of sp³-hybridized carbons (Fsp3) is 0.0833. The molecule has 0 aliphatic rings. The van der Waals surface area contributed by atoms with Gasteiger partial charge in [0.1, 0.15) is 4.90 Å². The second-order valence-electron chi connectivity index (χ2n) is 4.21. The van der Waals surface area contributed by atoms with Gasteiger partial charge >= 0.3 is 0 Å². The quantitative estimate of drug-likeness (QED) is 0.550. The first kappa shape index (κ1) is 16.0. The Hall–Kier alpha value is -1.35. The number of pyridine rings is 1. The van der Waals surface area contributed by atoms with Crippen molar-refractivity contribution in [3.63, 3.8) is 0 Å². The third-order valence-electron chi connectivity index (χ3n) is 2.67. The van der Waals surface area contributed by atoms with Gasteiger partial charge in [0.05, 0.1) is 5.69 Å². The third-order valence-corrected chi connectivity index (χ3v) is 4.91. The number of benzene rings is 1. The molecule has 1 heterocycles. The highest BCUT2D eigenvalue weighted by atomic mass is 79.9. The first-order valence-corrected chi connectivity index (χ1v) is 8.40. The molecule has 2 rings (SSSR count). The number of nitrogen functional groups attached to an aromatic ring is 1. The minimum absolute atomic E-state index is 0.0453. The first-order valence-electron chi connectivity index (χ1n) is 5.74. The Balaban J connectivity index is 2.42. The van der Waals surface area contributed by atoms with E-state index in [-0.39, 0.29) is 10.7 Å². The molecule has 0 spiro atoms. The molecule has 0 aliphatic carbocycles. The van der Waals surface area contributed by atoms with E-state index in [0.717, 1.165) is 5.56 Å². The van der Waals surface area contributed by atoms with Gasteiger partial charge < -0.3 is 5.43 Å². The Labute approximate surface area is 135 Å². The normalized spacial score (nSPS) is 11.2. The molecule has 2 aromatic rings. The van der Waals surface area contributed by atoms with Crippen molar-refractivity contribution < 1.29 is 8.42 Å². The molecule has 1 aromatic heterocycles. The van der Waals surface area contributed by atoms with Crippen molar-refractivity contribution >= 4 is 49.1 Å². The lowest BCUT2D eigenvalue weighted by Crippen LogP contribution is -2.18. The van der Waals surface area contributed by atoms with Gasteiger partial charge in [0, 0.05) is 15.7 Å². The molecule has 0 saturated heterocycles. The molecule has 21 heavy (non-hydrogen) atoms. The number of nitrogens with two attached hydrogens (primary N) is 1. The molecule has 0 atom stereocenters.